The lowest BCUT2D eigenvalue weighted by atomic mass is 9.90. The van der Waals surface area contributed by atoms with Gasteiger partial charge in [-0.15, -0.1) is 0 Å². The number of hydrogen-bond donors (Lipinski definition) is 3. The molecule has 0 aliphatic heterocycles. The highest BCUT2D eigenvalue weighted by molar-refractivity contribution is 5.42. The van der Waals surface area contributed by atoms with E-state index in [0.29, 0.717) is 30.9 Å². The Morgan fingerprint density at radius 1 is 1.28 bits per heavy atom. The monoisotopic (exact) mass is 489 g/mol. The molecule has 2 aromatic rings. The molecule has 0 spiro atoms. The summed E-state index contributed by atoms with van der Waals surface area (Å²) in [5.74, 6) is 6.83. The van der Waals surface area contributed by atoms with Crippen LogP contribution in [0, 0.1) is 11.8 Å². The summed E-state index contributed by atoms with van der Waals surface area (Å²) in [6.45, 7) is 19.6. The van der Waals surface area contributed by atoms with Gasteiger partial charge in [0.25, 0.3) is 0 Å². The molecule has 1 heterocycles. The molecule has 192 valence electrons. The molecule has 1 aliphatic rings. The lowest BCUT2D eigenvalue weighted by molar-refractivity contribution is 0.217. The van der Waals surface area contributed by atoms with E-state index in [2.05, 4.69) is 83.0 Å². The molecular formula is C30H40FN5. The van der Waals surface area contributed by atoms with Gasteiger partial charge >= 0.3 is 0 Å². The number of nitrogens with two attached hydrogens (primary N) is 1. The van der Waals surface area contributed by atoms with Crippen LogP contribution >= 0.6 is 0 Å². The van der Waals surface area contributed by atoms with Crippen molar-refractivity contribution in [3.8, 4) is 11.8 Å². The average Bonchev–Trinajstić information content (AvgIpc) is 3.43. The molecule has 1 aromatic heterocycles. The molecule has 1 atom stereocenters. The summed E-state index contributed by atoms with van der Waals surface area (Å²) >= 11 is 0. The minimum atomic E-state index is -1.22. The van der Waals surface area contributed by atoms with E-state index >= 15 is 0 Å². The van der Waals surface area contributed by atoms with E-state index in [4.69, 9.17) is 5.73 Å². The Balaban J connectivity index is 1.70. The number of nitrogens with one attached hydrogen (secondary N) is 2. The molecule has 0 bridgehead atoms. The van der Waals surface area contributed by atoms with Crippen molar-refractivity contribution in [3.63, 3.8) is 0 Å². The quantitative estimate of drug-likeness (QED) is 0.332. The van der Waals surface area contributed by atoms with Gasteiger partial charge in [0.05, 0.1) is 12.6 Å². The summed E-state index contributed by atoms with van der Waals surface area (Å²) in [4.78, 5) is 9.46. The van der Waals surface area contributed by atoms with Gasteiger partial charge in [-0.1, -0.05) is 56.8 Å². The van der Waals surface area contributed by atoms with Crippen LogP contribution < -0.4 is 11.1 Å². The summed E-state index contributed by atoms with van der Waals surface area (Å²) in [6.07, 6.45) is 7.44. The average molecular weight is 490 g/mol. The molecule has 1 fully saturated rings. The maximum atomic E-state index is 14.1. The normalized spacial score (nSPS) is 14.8. The van der Waals surface area contributed by atoms with Crippen molar-refractivity contribution >= 4 is 0 Å². The van der Waals surface area contributed by atoms with Crippen LogP contribution in [0.2, 0.25) is 0 Å². The summed E-state index contributed by atoms with van der Waals surface area (Å²) < 4.78 is 14.1. The van der Waals surface area contributed by atoms with E-state index in [1.165, 1.54) is 5.56 Å². The second-order valence-electron chi connectivity index (χ2n) is 10.4. The topological polar surface area (TPSA) is 70.0 Å². The Labute approximate surface area is 215 Å². The minimum absolute atomic E-state index is 0.0662. The van der Waals surface area contributed by atoms with Crippen LogP contribution in [0.15, 0.2) is 73.5 Å². The Bertz CT molecular complexity index is 1110. The summed E-state index contributed by atoms with van der Waals surface area (Å²) in [6, 6.07) is 8.17. The number of H-pyrrole nitrogens is 1. The second-order valence-corrected chi connectivity index (χ2v) is 10.4. The smallest absolute Gasteiger partial charge is 0.182 e. The third-order valence-electron chi connectivity index (χ3n) is 6.40. The van der Waals surface area contributed by atoms with Gasteiger partial charge in [0.15, 0.2) is 5.82 Å². The number of aromatic amines is 1. The number of alkyl halides is 1. The highest BCUT2D eigenvalue weighted by Gasteiger charge is 2.48. The van der Waals surface area contributed by atoms with E-state index in [-0.39, 0.29) is 11.5 Å². The van der Waals surface area contributed by atoms with E-state index in [1.807, 2.05) is 0 Å². The molecule has 3 rings (SSSR count). The lowest BCUT2D eigenvalue weighted by Gasteiger charge is -2.33. The number of nitrogens with zero attached hydrogens (tertiary/aromatic N) is 2. The Morgan fingerprint density at radius 3 is 2.50 bits per heavy atom. The molecule has 1 aromatic carbocycles. The first-order chi connectivity index (χ1) is 17.0. The Kier molecular flexibility index (Phi) is 8.68. The van der Waals surface area contributed by atoms with Crippen LogP contribution in [0.1, 0.15) is 63.4 Å². The molecule has 1 saturated carbocycles. The maximum absolute atomic E-state index is 14.1. The van der Waals surface area contributed by atoms with Crippen LogP contribution in [-0.4, -0.2) is 39.7 Å². The third kappa shape index (κ3) is 7.52. The van der Waals surface area contributed by atoms with Crippen molar-refractivity contribution in [1.29, 1.82) is 0 Å². The summed E-state index contributed by atoms with van der Waals surface area (Å²) in [7, 11) is 0. The molecule has 1 aliphatic carbocycles. The maximum Gasteiger partial charge on any atom is 0.182 e. The SMILES string of the molecule is C=C(N)CC(C#Cc1ncc[nH]1)NC(=C)CN(CCC)C(=C)C1(c2ccc(CC(C)(C)F)cc2)CC1. The van der Waals surface area contributed by atoms with Crippen LogP contribution in [0.25, 0.3) is 0 Å². The highest BCUT2D eigenvalue weighted by atomic mass is 19.1. The fraction of sp³-hybridized carbons (Fsp3) is 0.433. The van der Waals surface area contributed by atoms with Crippen molar-refractivity contribution in [2.45, 2.75) is 70.0 Å². The number of rotatable bonds is 13. The van der Waals surface area contributed by atoms with Gasteiger partial charge in [-0.2, -0.15) is 0 Å². The van der Waals surface area contributed by atoms with Crippen molar-refractivity contribution in [3.05, 3.63) is 90.4 Å². The number of allylic oxidation sites excluding steroid dienone is 1. The first-order valence-electron chi connectivity index (χ1n) is 12.6. The molecule has 0 radical (unpaired) electrons. The number of imidazole rings is 1. The minimum Gasteiger partial charge on any atom is -0.402 e. The zero-order chi connectivity index (χ0) is 26.3. The van der Waals surface area contributed by atoms with Gasteiger partial charge in [-0.05, 0) is 50.2 Å². The summed E-state index contributed by atoms with van der Waals surface area (Å²) in [5.41, 5.74) is 9.37. The molecule has 0 amide bonds. The van der Waals surface area contributed by atoms with Gasteiger partial charge in [-0.3, -0.25) is 0 Å². The standard InChI is InChI=1S/C30H40FN5/c1-7-18-36(21-23(3)35-27(19-22(2)32)12-13-28-33-16-17-34-28)24(4)30(14-15-30)26-10-8-25(9-11-26)20-29(5,6)31/h8-11,16-17,27,35H,2-4,7,14-15,18-21,32H2,1,5-6H3,(H,33,34). The highest BCUT2D eigenvalue weighted by Crippen LogP contribution is 2.54. The first-order valence-corrected chi connectivity index (χ1v) is 12.6. The Hall–Kier alpha value is -3.46. The van der Waals surface area contributed by atoms with Crippen LogP contribution in [-0.2, 0) is 11.8 Å². The molecular weight excluding hydrogens is 449 g/mol. The predicted molar refractivity (Wildman–Crippen MR) is 147 cm³/mol. The van der Waals surface area contributed by atoms with E-state index in [9.17, 15) is 4.39 Å². The van der Waals surface area contributed by atoms with Crippen LogP contribution in [0.3, 0.4) is 0 Å². The van der Waals surface area contributed by atoms with E-state index in [0.717, 1.165) is 42.8 Å². The van der Waals surface area contributed by atoms with Crippen LogP contribution in [0.5, 0.6) is 0 Å². The van der Waals surface area contributed by atoms with Crippen molar-refractivity contribution in [1.82, 2.24) is 20.2 Å². The van der Waals surface area contributed by atoms with E-state index in [1.54, 1.807) is 26.2 Å². The zero-order valence-electron chi connectivity index (χ0n) is 22.0. The molecule has 6 heteroatoms. The summed E-state index contributed by atoms with van der Waals surface area (Å²) in [5, 5.41) is 3.43. The molecule has 5 nitrogen and oxygen atoms in total. The lowest BCUT2D eigenvalue weighted by Crippen LogP contribution is -2.37. The first kappa shape index (κ1) is 27.1. The van der Waals surface area contributed by atoms with E-state index < -0.39 is 5.67 Å². The Morgan fingerprint density at radius 2 is 1.97 bits per heavy atom. The fourth-order valence-electron chi connectivity index (χ4n) is 4.59. The molecule has 36 heavy (non-hydrogen) atoms. The van der Waals surface area contributed by atoms with Gasteiger partial charge in [-0.25, -0.2) is 9.37 Å². The predicted octanol–water partition coefficient (Wildman–Crippen LogP) is 5.34. The number of hydrogen-bond acceptors (Lipinski definition) is 4. The van der Waals surface area contributed by atoms with Gasteiger partial charge < -0.3 is 20.9 Å². The van der Waals surface area contributed by atoms with Gasteiger partial charge in [0, 0.05) is 54.3 Å². The molecule has 4 N–H and O–H groups in total. The zero-order valence-corrected chi connectivity index (χ0v) is 22.0. The van der Waals surface area contributed by atoms with Crippen molar-refractivity contribution in [2.24, 2.45) is 5.73 Å². The van der Waals surface area contributed by atoms with Gasteiger partial charge in [0.1, 0.15) is 5.67 Å². The fourth-order valence-corrected chi connectivity index (χ4v) is 4.59. The van der Waals surface area contributed by atoms with Gasteiger partial charge in [0.2, 0.25) is 0 Å². The van der Waals surface area contributed by atoms with Crippen molar-refractivity contribution in [2.75, 3.05) is 13.1 Å². The number of aromatic nitrogens is 2. The largest absolute Gasteiger partial charge is 0.402 e. The van der Waals surface area contributed by atoms with Crippen LogP contribution in [0.4, 0.5) is 4.39 Å². The number of halogens is 1. The third-order valence-corrected chi connectivity index (χ3v) is 6.40. The van der Waals surface area contributed by atoms with Crippen molar-refractivity contribution < 1.29 is 4.39 Å². The molecule has 0 saturated heterocycles. The second kappa shape index (κ2) is 11.5. The number of benzene rings is 1. The molecule has 1 unspecified atom stereocenters.